The predicted octanol–water partition coefficient (Wildman–Crippen LogP) is 4.25. The second-order valence-electron chi connectivity index (χ2n) is 6.81. The normalized spacial score (nSPS) is 11.5. The van der Waals surface area contributed by atoms with Gasteiger partial charge in [-0.05, 0) is 67.1 Å². The fourth-order valence-corrected chi connectivity index (χ4v) is 4.08. The van der Waals surface area contributed by atoms with Crippen LogP contribution in [-0.2, 0) is 10.0 Å². The fraction of sp³-hybridized carbons (Fsp3) is 0.136. The lowest BCUT2D eigenvalue weighted by atomic mass is 10.1. The molecule has 3 aromatic carbocycles. The molecule has 0 saturated carbocycles. The summed E-state index contributed by atoms with van der Waals surface area (Å²) >= 11 is 0. The van der Waals surface area contributed by atoms with E-state index in [-0.39, 0.29) is 22.0 Å². The summed E-state index contributed by atoms with van der Waals surface area (Å²) in [5.41, 5.74) is 4.05. The van der Waals surface area contributed by atoms with E-state index in [1.165, 1.54) is 31.4 Å². The molecule has 33 heavy (non-hydrogen) atoms. The number of benzene rings is 3. The minimum Gasteiger partial charge on any atom is -0.497 e. The van der Waals surface area contributed by atoms with Crippen LogP contribution in [0.2, 0.25) is 0 Å². The minimum atomic E-state index is -4.18. The molecule has 0 aliphatic rings. The lowest BCUT2D eigenvalue weighted by Crippen LogP contribution is -2.15. The Morgan fingerprint density at radius 2 is 1.52 bits per heavy atom. The van der Waals surface area contributed by atoms with Crippen molar-refractivity contribution < 1.29 is 22.8 Å². The highest BCUT2D eigenvalue weighted by atomic mass is 32.2. The van der Waals surface area contributed by atoms with Crippen LogP contribution in [0, 0.1) is 10.1 Å². The number of hydrogen-bond acceptors (Lipinski definition) is 8. The SMILES string of the molecule is COc1ccc(NS(=O)(=O)c2cc([N+](=O)[O-])ccc2NN=C(C)c2ccc(OC)cc2)cc1. The second-order valence-corrected chi connectivity index (χ2v) is 8.46. The molecule has 0 radical (unpaired) electrons. The van der Waals surface area contributed by atoms with E-state index in [9.17, 15) is 18.5 Å². The first-order valence-corrected chi connectivity index (χ1v) is 11.1. The molecule has 0 unspecified atom stereocenters. The maximum Gasteiger partial charge on any atom is 0.270 e. The highest BCUT2D eigenvalue weighted by Gasteiger charge is 2.23. The van der Waals surface area contributed by atoms with E-state index in [0.29, 0.717) is 17.2 Å². The summed E-state index contributed by atoms with van der Waals surface area (Å²) in [5.74, 6) is 1.24. The van der Waals surface area contributed by atoms with E-state index in [1.54, 1.807) is 50.4 Å². The van der Waals surface area contributed by atoms with Gasteiger partial charge in [0.15, 0.2) is 0 Å². The van der Waals surface area contributed by atoms with Crippen molar-refractivity contribution in [2.75, 3.05) is 24.4 Å². The van der Waals surface area contributed by atoms with E-state index >= 15 is 0 Å². The van der Waals surface area contributed by atoms with Gasteiger partial charge in [0.05, 0.1) is 30.5 Å². The summed E-state index contributed by atoms with van der Waals surface area (Å²) in [6.45, 7) is 1.74. The number of non-ortho nitro benzene ring substituents is 1. The molecule has 0 aliphatic carbocycles. The molecule has 0 spiro atoms. The predicted molar refractivity (Wildman–Crippen MR) is 126 cm³/mol. The van der Waals surface area contributed by atoms with Crippen LogP contribution in [0.1, 0.15) is 12.5 Å². The van der Waals surface area contributed by atoms with E-state index in [0.717, 1.165) is 11.6 Å². The third-order valence-corrected chi connectivity index (χ3v) is 6.08. The number of nitrogens with one attached hydrogen (secondary N) is 2. The van der Waals surface area contributed by atoms with Crippen LogP contribution < -0.4 is 19.6 Å². The standard InChI is InChI=1S/C22H22N4O6S/c1-15(16-4-9-19(31-2)10-5-16)23-24-21-13-8-18(26(27)28)14-22(21)33(29,30)25-17-6-11-20(32-3)12-7-17/h4-14,24-25H,1-3H3. The van der Waals surface area contributed by atoms with Crippen LogP contribution in [0.25, 0.3) is 0 Å². The monoisotopic (exact) mass is 470 g/mol. The van der Waals surface area contributed by atoms with Gasteiger partial charge in [0.2, 0.25) is 0 Å². The molecular weight excluding hydrogens is 448 g/mol. The molecule has 11 heteroatoms. The molecule has 0 heterocycles. The molecular formula is C22H22N4O6S. The number of ether oxygens (including phenoxy) is 2. The summed E-state index contributed by atoms with van der Waals surface area (Å²) in [6.07, 6.45) is 0. The molecule has 0 bridgehead atoms. The first kappa shape index (κ1) is 23.5. The van der Waals surface area contributed by atoms with Crippen molar-refractivity contribution in [3.8, 4) is 11.5 Å². The number of nitro groups is 1. The van der Waals surface area contributed by atoms with Gasteiger partial charge in [0.25, 0.3) is 15.7 Å². The zero-order valence-corrected chi connectivity index (χ0v) is 18.9. The Morgan fingerprint density at radius 1 is 0.939 bits per heavy atom. The Labute approximate surface area is 191 Å². The number of sulfonamides is 1. The molecule has 3 rings (SSSR count). The van der Waals surface area contributed by atoms with Crippen molar-refractivity contribution in [3.63, 3.8) is 0 Å². The minimum absolute atomic E-state index is 0.0782. The number of rotatable bonds is 9. The van der Waals surface area contributed by atoms with E-state index in [4.69, 9.17) is 9.47 Å². The first-order chi connectivity index (χ1) is 15.7. The maximum atomic E-state index is 13.1. The highest BCUT2D eigenvalue weighted by molar-refractivity contribution is 7.92. The van der Waals surface area contributed by atoms with Crippen molar-refractivity contribution in [2.45, 2.75) is 11.8 Å². The summed E-state index contributed by atoms with van der Waals surface area (Å²) in [7, 11) is -1.13. The molecule has 0 aliphatic heterocycles. The van der Waals surface area contributed by atoms with Gasteiger partial charge in [-0.25, -0.2) is 8.42 Å². The Kier molecular flexibility index (Phi) is 7.13. The zero-order valence-electron chi connectivity index (χ0n) is 18.1. The first-order valence-electron chi connectivity index (χ1n) is 9.63. The van der Waals surface area contributed by atoms with Gasteiger partial charge < -0.3 is 9.47 Å². The van der Waals surface area contributed by atoms with Crippen LogP contribution in [0.15, 0.2) is 76.7 Å². The van der Waals surface area contributed by atoms with Gasteiger partial charge in [-0.15, -0.1) is 0 Å². The average molecular weight is 471 g/mol. The van der Waals surface area contributed by atoms with Gasteiger partial charge in [0, 0.05) is 17.8 Å². The Morgan fingerprint density at radius 3 is 2.06 bits per heavy atom. The van der Waals surface area contributed by atoms with Gasteiger partial charge >= 0.3 is 0 Å². The van der Waals surface area contributed by atoms with Crippen LogP contribution >= 0.6 is 0 Å². The molecule has 2 N–H and O–H groups in total. The Hall–Kier alpha value is -4.12. The van der Waals surface area contributed by atoms with Crippen LogP contribution in [0.4, 0.5) is 17.1 Å². The summed E-state index contributed by atoms with van der Waals surface area (Å²) in [6, 6.07) is 16.9. The quantitative estimate of drug-likeness (QED) is 0.271. The molecule has 0 saturated heterocycles. The van der Waals surface area contributed by atoms with Crippen molar-refractivity contribution in [1.29, 1.82) is 0 Å². The largest absolute Gasteiger partial charge is 0.497 e. The summed E-state index contributed by atoms with van der Waals surface area (Å²) in [5, 5.41) is 15.5. The summed E-state index contributed by atoms with van der Waals surface area (Å²) < 4.78 is 38.8. The number of nitro benzene ring substituents is 1. The van der Waals surface area contributed by atoms with Crippen LogP contribution in [0.3, 0.4) is 0 Å². The number of anilines is 2. The van der Waals surface area contributed by atoms with Crippen molar-refractivity contribution in [1.82, 2.24) is 0 Å². The van der Waals surface area contributed by atoms with Crippen molar-refractivity contribution in [3.05, 3.63) is 82.4 Å². The molecule has 172 valence electrons. The van der Waals surface area contributed by atoms with Gasteiger partial charge in [-0.3, -0.25) is 20.3 Å². The molecule has 10 nitrogen and oxygen atoms in total. The summed E-state index contributed by atoms with van der Waals surface area (Å²) in [4.78, 5) is 10.3. The number of nitrogens with zero attached hydrogens (tertiary/aromatic N) is 2. The topological polar surface area (TPSA) is 132 Å². The Balaban J connectivity index is 1.93. The van der Waals surface area contributed by atoms with Crippen LogP contribution in [-0.4, -0.2) is 33.3 Å². The zero-order chi connectivity index (χ0) is 24.0. The number of hydrazone groups is 1. The van der Waals surface area contributed by atoms with Gasteiger partial charge in [0.1, 0.15) is 16.4 Å². The van der Waals surface area contributed by atoms with Crippen LogP contribution in [0.5, 0.6) is 11.5 Å². The van der Waals surface area contributed by atoms with E-state index in [2.05, 4.69) is 15.2 Å². The molecule has 0 fully saturated rings. The molecule has 0 aromatic heterocycles. The fourth-order valence-electron chi connectivity index (χ4n) is 2.85. The molecule has 0 atom stereocenters. The lowest BCUT2D eigenvalue weighted by Gasteiger charge is -2.13. The van der Waals surface area contributed by atoms with Crippen molar-refractivity contribution >= 4 is 32.8 Å². The third-order valence-electron chi connectivity index (χ3n) is 4.66. The maximum absolute atomic E-state index is 13.1. The second kappa shape index (κ2) is 10.0. The van der Waals surface area contributed by atoms with Gasteiger partial charge in [-0.2, -0.15) is 5.10 Å². The smallest absolute Gasteiger partial charge is 0.270 e. The molecule has 3 aromatic rings. The highest BCUT2D eigenvalue weighted by Crippen LogP contribution is 2.29. The van der Waals surface area contributed by atoms with Gasteiger partial charge in [-0.1, -0.05) is 0 Å². The number of hydrogen-bond donors (Lipinski definition) is 2. The number of methoxy groups -OCH3 is 2. The van der Waals surface area contributed by atoms with E-state index < -0.39 is 14.9 Å². The van der Waals surface area contributed by atoms with Crippen molar-refractivity contribution in [2.24, 2.45) is 5.10 Å². The lowest BCUT2D eigenvalue weighted by molar-refractivity contribution is -0.385. The average Bonchev–Trinajstić information content (AvgIpc) is 2.82. The Bertz CT molecular complexity index is 1270. The van der Waals surface area contributed by atoms with E-state index in [1.807, 2.05) is 0 Å². The molecule has 0 amide bonds. The third kappa shape index (κ3) is 5.77.